The van der Waals surface area contributed by atoms with Crippen LogP contribution < -0.4 is 0 Å². The Labute approximate surface area is 113 Å². The normalized spacial score (nSPS) is 34.2. The Morgan fingerprint density at radius 3 is 2.71 bits per heavy atom. The van der Waals surface area contributed by atoms with E-state index in [9.17, 15) is 5.11 Å². The van der Waals surface area contributed by atoms with E-state index < -0.39 is 5.60 Å². The van der Waals surface area contributed by atoms with E-state index in [4.69, 9.17) is 11.6 Å². The van der Waals surface area contributed by atoms with Crippen molar-refractivity contribution in [2.75, 3.05) is 0 Å². The molecule has 1 heterocycles. The van der Waals surface area contributed by atoms with E-state index in [0.717, 1.165) is 22.7 Å². The topological polar surface area (TPSA) is 20.2 Å². The van der Waals surface area contributed by atoms with Crippen molar-refractivity contribution < 1.29 is 5.11 Å². The molecular formula is C14H21ClOS. The second kappa shape index (κ2) is 4.91. The van der Waals surface area contributed by atoms with Crippen LogP contribution in [0.15, 0.2) is 11.4 Å². The number of halogens is 1. The lowest BCUT2D eigenvalue weighted by Gasteiger charge is -2.44. The summed E-state index contributed by atoms with van der Waals surface area (Å²) in [5.41, 5.74) is -0.711. The summed E-state index contributed by atoms with van der Waals surface area (Å²) in [6.45, 7) is 6.63. The Balaban J connectivity index is 2.39. The van der Waals surface area contributed by atoms with Gasteiger partial charge < -0.3 is 5.11 Å². The predicted molar refractivity (Wildman–Crippen MR) is 74.6 cm³/mol. The third-order valence-corrected chi connectivity index (χ3v) is 5.57. The van der Waals surface area contributed by atoms with E-state index in [1.807, 2.05) is 11.4 Å². The number of thiophene rings is 1. The molecule has 2 rings (SSSR count). The zero-order valence-electron chi connectivity index (χ0n) is 10.7. The summed E-state index contributed by atoms with van der Waals surface area (Å²) in [6.07, 6.45) is 3.16. The highest BCUT2D eigenvalue weighted by molar-refractivity contribution is 7.10. The lowest BCUT2D eigenvalue weighted by Crippen LogP contribution is -2.42. The minimum atomic E-state index is -0.711. The number of aliphatic hydroxyl groups is 1. The lowest BCUT2D eigenvalue weighted by molar-refractivity contribution is -0.0837. The smallest absolute Gasteiger partial charge is 0.104 e. The second-order valence-corrected chi connectivity index (χ2v) is 7.08. The van der Waals surface area contributed by atoms with Gasteiger partial charge in [0.05, 0.1) is 9.90 Å². The average molecular weight is 273 g/mol. The molecule has 0 aromatic carbocycles. The third kappa shape index (κ3) is 2.40. The van der Waals surface area contributed by atoms with Gasteiger partial charge in [0.1, 0.15) is 5.60 Å². The first-order chi connectivity index (χ1) is 7.95. The van der Waals surface area contributed by atoms with E-state index in [2.05, 4.69) is 20.8 Å². The minimum Gasteiger partial charge on any atom is -0.384 e. The summed E-state index contributed by atoms with van der Waals surface area (Å²) in [5.74, 6) is 1.40. The van der Waals surface area contributed by atoms with Crippen LogP contribution in [0, 0.1) is 17.8 Å². The Hall–Kier alpha value is -0.0500. The second-order valence-electron chi connectivity index (χ2n) is 5.76. The van der Waals surface area contributed by atoms with Crippen LogP contribution in [0.1, 0.15) is 44.9 Å². The summed E-state index contributed by atoms with van der Waals surface area (Å²) in [7, 11) is 0. The Morgan fingerprint density at radius 1 is 1.47 bits per heavy atom. The summed E-state index contributed by atoms with van der Waals surface area (Å²) in [5, 5.41) is 13.9. The van der Waals surface area contributed by atoms with Crippen LogP contribution in [0.3, 0.4) is 0 Å². The molecule has 3 atom stereocenters. The van der Waals surface area contributed by atoms with E-state index in [-0.39, 0.29) is 0 Å². The molecule has 0 amide bonds. The van der Waals surface area contributed by atoms with Gasteiger partial charge in [-0.05, 0) is 42.0 Å². The molecule has 1 nitrogen and oxygen atoms in total. The van der Waals surface area contributed by atoms with Crippen LogP contribution in [0.25, 0.3) is 0 Å². The van der Waals surface area contributed by atoms with Crippen molar-refractivity contribution in [3.05, 3.63) is 21.3 Å². The molecule has 1 N–H and O–H groups in total. The summed E-state index contributed by atoms with van der Waals surface area (Å²) in [6, 6.07) is 1.90. The van der Waals surface area contributed by atoms with Crippen LogP contribution in [-0.4, -0.2) is 5.11 Å². The van der Waals surface area contributed by atoms with Gasteiger partial charge in [0, 0.05) is 0 Å². The molecule has 0 bridgehead atoms. The van der Waals surface area contributed by atoms with Crippen molar-refractivity contribution in [2.24, 2.45) is 17.8 Å². The molecule has 17 heavy (non-hydrogen) atoms. The molecule has 3 heteroatoms. The van der Waals surface area contributed by atoms with E-state index in [0.29, 0.717) is 17.8 Å². The van der Waals surface area contributed by atoms with Crippen LogP contribution in [0.4, 0.5) is 0 Å². The van der Waals surface area contributed by atoms with Crippen LogP contribution in [0.2, 0.25) is 5.02 Å². The first-order valence-corrected chi connectivity index (χ1v) is 7.66. The molecule has 1 saturated carbocycles. The lowest BCUT2D eigenvalue weighted by atomic mass is 9.66. The third-order valence-electron chi connectivity index (χ3n) is 4.06. The number of hydrogen-bond donors (Lipinski definition) is 1. The summed E-state index contributed by atoms with van der Waals surface area (Å²) in [4.78, 5) is 0.976. The van der Waals surface area contributed by atoms with Gasteiger partial charge in [-0.15, -0.1) is 11.3 Å². The Bertz CT molecular complexity index is 387. The molecule has 0 aliphatic heterocycles. The van der Waals surface area contributed by atoms with Gasteiger partial charge in [-0.2, -0.15) is 0 Å². The van der Waals surface area contributed by atoms with Crippen molar-refractivity contribution in [3.63, 3.8) is 0 Å². The summed E-state index contributed by atoms with van der Waals surface area (Å²) < 4.78 is 0. The van der Waals surface area contributed by atoms with Gasteiger partial charge in [0.15, 0.2) is 0 Å². The van der Waals surface area contributed by atoms with E-state index in [1.165, 1.54) is 6.42 Å². The molecule has 0 radical (unpaired) electrons. The van der Waals surface area contributed by atoms with Gasteiger partial charge >= 0.3 is 0 Å². The van der Waals surface area contributed by atoms with E-state index in [1.54, 1.807) is 11.3 Å². The van der Waals surface area contributed by atoms with Crippen molar-refractivity contribution in [3.8, 4) is 0 Å². The average Bonchev–Trinajstić information content (AvgIpc) is 2.64. The van der Waals surface area contributed by atoms with Crippen molar-refractivity contribution >= 4 is 22.9 Å². The highest BCUT2D eigenvalue weighted by atomic mass is 35.5. The van der Waals surface area contributed by atoms with Crippen LogP contribution in [0.5, 0.6) is 0 Å². The quantitative estimate of drug-likeness (QED) is 0.829. The molecule has 1 aromatic heterocycles. The van der Waals surface area contributed by atoms with Gasteiger partial charge in [-0.3, -0.25) is 0 Å². The maximum atomic E-state index is 11.1. The van der Waals surface area contributed by atoms with Gasteiger partial charge in [0.25, 0.3) is 0 Å². The summed E-state index contributed by atoms with van der Waals surface area (Å²) >= 11 is 7.83. The van der Waals surface area contributed by atoms with Crippen molar-refractivity contribution in [1.29, 1.82) is 0 Å². The fourth-order valence-electron chi connectivity index (χ4n) is 3.24. The molecule has 1 aliphatic rings. The Kier molecular flexibility index (Phi) is 3.86. The number of rotatable bonds is 2. The number of hydrogen-bond acceptors (Lipinski definition) is 2. The zero-order valence-corrected chi connectivity index (χ0v) is 12.3. The fraction of sp³-hybridized carbons (Fsp3) is 0.714. The van der Waals surface area contributed by atoms with Gasteiger partial charge in [0.2, 0.25) is 0 Å². The zero-order chi connectivity index (χ0) is 12.6. The van der Waals surface area contributed by atoms with Crippen molar-refractivity contribution in [2.45, 2.75) is 45.6 Å². The fourth-order valence-corrected chi connectivity index (χ4v) is 4.63. The predicted octanol–water partition coefficient (Wildman–Crippen LogP) is 4.68. The first-order valence-electron chi connectivity index (χ1n) is 6.41. The standard InChI is InChI=1S/C14H21ClOS/c1-9(2)11-5-4-10(3)8-14(11,16)13-12(15)6-7-17-13/h6-7,9-11,16H,4-5,8H2,1-3H3. The molecule has 3 unspecified atom stereocenters. The minimum absolute atomic E-state index is 0.329. The van der Waals surface area contributed by atoms with Crippen LogP contribution in [-0.2, 0) is 5.60 Å². The van der Waals surface area contributed by atoms with Gasteiger partial charge in [-0.1, -0.05) is 38.8 Å². The van der Waals surface area contributed by atoms with Crippen molar-refractivity contribution in [1.82, 2.24) is 0 Å². The van der Waals surface area contributed by atoms with Crippen LogP contribution >= 0.6 is 22.9 Å². The SMILES string of the molecule is CC1CCC(C(C)C)C(O)(c2sccc2Cl)C1. The maximum Gasteiger partial charge on any atom is 0.104 e. The Morgan fingerprint density at radius 2 is 2.18 bits per heavy atom. The maximum absolute atomic E-state index is 11.1. The molecule has 96 valence electrons. The molecule has 1 fully saturated rings. The molecule has 1 aromatic rings. The molecular weight excluding hydrogens is 252 g/mol. The first kappa shape index (κ1) is 13.4. The van der Waals surface area contributed by atoms with Gasteiger partial charge in [-0.25, -0.2) is 0 Å². The molecule has 0 saturated heterocycles. The highest BCUT2D eigenvalue weighted by Gasteiger charge is 2.45. The highest BCUT2D eigenvalue weighted by Crippen LogP contribution is 2.50. The molecule has 1 aliphatic carbocycles. The largest absolute Gasteiger partial charge is 0.384 e. The molecule has 0 spiro atoms. The monoisotopic (exact) mass is 272 g/mol. The van der Waals surface area contributed by atoms with E-state index >= 15 is 0 Å².